The van der Waals surface area contributed by atoms with Gasteiger partial charge in [0, 0.05) is 17.7 Å². The predicted molar refractivity (Wildman–Crippen MR) is 88.8 cm³/mol. The average molecular weight is 308 g/mol. The van der Waals surface area contributed by atoms with Crippen LogP contribution in [0.4, 0.5) is 0 Å². The minimum atomic E-state index is 0.649. The molecule has 0 radical (unpaired) electrons. The molecule has 1 fully saturated rings. The summed E-state index contributed by atoms with van der Waals surface area (Å²) in [6, 6.07) is 10.2. The molecule has 0 aliphatic heterocycles. The van der Waals surface area contributed by atoms with E-state index in [9.17, 15) is 0 Å². The Balaban J connectivity index is 1.61. The molecule has 2 heterocycles. The molecule has 1 saturated carbocycles. The summed E-state index contributed by atoms with van der Waals surface area (Å²) in [5.74, 6) is 2.53. The molecule has 22 heavy (non-hydrogen) atoms. The van der Waals surface area contributed by atoms with Gasteiger partial charge >= 0.3 is 0 Å². The van der Waals surface area contributed by atoms with Crippen molar-refractivity contribution in [2.75, 3.05) is 6.26 Å². The molecule has 1 aliphatic rings. The Morgan fingerprint density at radius 2 is 1.82 bits per heavy atom. The van der Waals surface area contributed by atoms with Crippen LogP contribution in [0.15, 0.2) is 47.8 Å². The number of benzene rings is 1. The molecular formula is C17H16N4S. The van der Waals surface area contributed by atoms with Crippen LogP contribution in [0.1, 0.15) is 24.6 Å². The van der Waals surface area contributed by atoms with Gasteiger partial charge in [-0.15, -0.1) is 11.8 Å². The summed E-state index contributed by atoms with van der Waals surface area (Å²) < 4.78 is 0. The monoisotopic (exact) mass is 308 g/mol. The summed E-state index contributed by atoms with van der Waals surface area (Å²) in [6.45, 7) is 0. The first-order chi connectivity index (χ1) is 10.8. The van der Waals surface area contributed by atoms with Crippen LogP contribution in [0, 0.1) is 0 Å². The van der Waals surface area contributed by atoms with Crippen LogP contribution in [-0.2, 0) is 0 Å². The van der Waals surface area contributed by atoms with Crippen molar-refractivity contribution in [3.8, 4) is 22.6 Å². The van der Waals surface area contributed by atoms with E-state index in [2.05, 4.69) is 44.2 Å². The Labute approximate surface area is 133 Å². The van der Waals surface area contributed by atoms with Crippen LogP contribution in [-0.4, -0.2) is 26.2 Å². The van der Waals surface area contributed by atoms with Crippen molar-refractivity contribution in [1.82, 2.24) is 19.9 Å². The lowest BCUT2D eigenvalue weighted by Gasteiger charge is -2.03. The fourth-order valence-electron chi connectivity index (χ4n) is 2.44. The predicted octanol–water partition coefficient (Wildman–Crippen LogP) is 4.13. The third kappa shape index (κ3) is 2.64. The number of aromatic nitrogens is 4. The standard InChI is InChI=1S/C17H16N4S/c1-22-15-8-9-18-16(21-15)12-4-2-11(3-5-12)14-10-19-17(20-14)13-6-7-13/h2-5,8-10,13H,6-7H2,1H3,(H,19,20). The summed E-state index contributed by atoms with van der Waals surface area (Å²) >= 11 is 1.62. The number of H-pyrrole nitrogens is 1. The molecule has 0 atom stereocenters. The number of hydrogen-bond acceptors (Lipinski definition) is 4. The Morgan fingerprint density at radius 1 is 1.05 bits per heavy atom. The number of thioether (sulfide) groups is 1. The van der Waals surface area contributed by atoms with Gasteiger partial charge in [-0.3, -0.25) is 0 Å². The molecule has 3 aromatic rings. The first-order valence-electron chi connectivity index (χ1n) is 7.36. The van der Waals surface area contributed by atoms with Crippen molar-refractivity contribution in [3.05, 3.63) is 48.5 Å². The molecule has 0 amide bonds. The second kappa shape index (κ2) is 5.57. The molecule has 1 aromatic carbocycles. The van der Waals surface area contributed by atoms with Gasteiger partial charge in [0.2, 0.25) is 0 Å². The van der Waals surface area contributed by atoms with Gasteiger partial charge in [0.25, 0.3) is 0 Å². The van der Waals surface area contributed by atoms with Crippen molar-refractivity contribution >= 4 is 11.8 Å². The lowest BCUT2D eigenvalue weighted by molar-refractivity contribution is 0.977. The Kier molecular flexibility index (Phi) is 3.42. The van der Waals surface area contributed by atoms with Crippen LogP contribution in [0.3, 0.4) is 0 Å². The maximum absolute atomic E-state index is 4.53. The Bertz CT molecular complexity index is 790. The van der Waals surface area contributed by atoms with E-state index < -0.39 is 0 Å². The largest absolute Gasteiger partial charge is 0.342 e. The number of rotatable bonds is 4. The van der Waals surface area contributed by atoms with Crippen LogP contribution in [0.5, 0.6) is 0 Å². The van der Waals surface area contributed by atoms with Crippen LogP contribution >= 0.6 is 11.8 Å². The van der Waals surface area contributed by atoms with Gasteiger partial charge in [0.15, 0.2) is 5.82 Å². The smallest absolute Gasteiger partial charge is 0.160 e. The van der Waals surface area contributed by atoms with Crippen molar-refractivity contribution in [1.29, 1.82) is 0 Å². The quantitative estimate of drug-likeness (QED) is 0.581. The lowest BCUT2D eigenvalue weighted by atomic mass is 10.1. The molecule has 5 heteroatoms. The summed E-state index contributed by atoms with van der Waals surface area (Å²) in [7, 11) is 0. The Hall–Kier alpha value is -2.14. The third-order valence-electron chi connectivity index (χ3n) is 3.85. The fraction of sp³-hybridized carbons (Fsp3) is 0.235. The molecule has 110 valence electrons. The molecule has 0 spiro atoms. The molecule has 1 aliphatic carbocycles. The highest BCUT2D eigenvalue weighted by molar-refractivity contribution is 7.98. The van der Waals surface area contributed by atoms with Crippen molar-refractivity contribution in [2.45, 2.75) is 23.8 Å². The van der Waals surface area contributed by atoms with Gasteiger partial charge < -0.3 is 4.98 Å². The molecule has 4 rings (SSSR count). The summed E-state index contributed by atoms with van der Waals surface area (Å²) in [6.07, 6.45) is 8.27. The highest BCUT2D eigenvalue weighted by Gasteiger charge is 2.26. The maximum Gasteiger partial charge on any atom is 0.160 e. The van der Waals surface area contributed by atoms with E-state index in [1.807, 2.05) is 18.5 Å². The van der Waals surface area contributed by atoms with Crippen molar-refractivity contribution < 1.29 is 0 Å². The topological polar surface area (TPSA) is 54.5 Å². The van der Waals surface area contributed by atoms with Crippen LogP contribution < -0.4 is 0 Å². The van der Waals surface area contributed by atoms with Crippen molar-refractivity contribution in [2.24, 2.45) is 0 Å². The number of nitrogens with zero attached hydrogens (tertiary/aromatic N) is 3. The van der Waals surface area contributed by atoms with Crippen LogP contribution in [0.25, 0.3) is 22.6 Å². The van der Waals surface area contributed by atoms with E-state index >= 15 is 0 Å². The third-order valence-corrected chi connectivity index (χ3v) is 4.50. The minimum Gasteiger partial charge on any atom is -0.342 e. The first kappa shape index (κ1) is 13.5. The molecule has 1 N–H and O–H groups in total. The summed E-state index contributed by atoms with van der Waals surface area (Å²) in [5, 5.41) is 0.983. The SMILES string of the molecule is CSc1ccnc(-c2ccc(-c3cnc(C4CC4)[nH]3)cc2)n1. The van der Waals surface area contributed by atoms with E-state index in [1.165, 1.54) is 12.8 Å². The second-order valence-corrected chi connectivity index (χ2v) is 6.28. The van der Waals surface area contributed by atoms with Gasteiger partial charge in [-0.2, -0.15) is 0 Å². The lowest BCUT2D eigenvalue weighted by Crippen LogP contribution is -1.90. The van der Waals surface area contributed by atoms with Gasteiger partial charge in [-0.25, -0.2) is 15.0 Å². The Morgan fingerprint density at radius 3 is 2.55 bits per heavy atom. The zero-order chi connectivity index (χ0) is 14.9. The van der Waals surface area contributed by atoms with E-state index in [4.69, 9.17) is 0 Å². The average Bonchev–Trinajstić information content (AvgIpc) is 3.32. The summed E-state index contributed by atoms with van der Waals surface area (Å²) in [5.41, 5.74) is 3.25. The minimum absolute atomic E-state index is 0.649. The number of hydrogen-bond donors (Lipinski definition) is 1. The highest BCUT2D eigenvalue weighted by Crippen LogP contribution is 2.38. The first-order valence-corrected chi connectivity index (χ1v) is 8.59. The van der Waals surface area contributed by atoms with Crippen molar-refractivity contribution in [3.63, 3.8) is 0 Å². The highest BCUT2D eigenvalue weighted by atomic mass is 32.2. The number of aromatic amines is 1. The number of imidazole rings is 1. The molecular weight excluding hydrogens is 292 g/mol. The molecule has 0 unspecified atom stereocenters. The van der Waals surface area contributed by atoms with Gasteiger partial charge in [0.05, 0.1) is 16.9 Å². The van der Waals surface area contributed by atoms with E-state index in [0.717, 1.165) is 33.5 Å². The molecule has 4 nitrogen and oxygen atoms in total. The van der Waals surface area contributed by atoms with Gasteiger partial charge in [0.1, 0.15) is 5.82 Å². The molecule has 0 bridgehead atoms. The van der Waals surface area contributed by atoms with E-state index in [0.29, 0.717) is 5.92 Å². The molecule has 0 saturated heterocycles. The zero-order valence-corrected chi connectivity index (χ0v) is 13.1. The zero-order valence-electron chi connectivity index (χ0n) is 12.3. The van der Waals surface area contributed by atoms with E-state index in [1.54, 1.807) is 18.0 Å². The van der Waals surface area contributed by atoms with Crippen LogP contribution in [0.2, 0.25) is 0 Å². The normalized spacial score (nSPS) is 14.2. The number of nitrogens with one attached hydrogen (secondary N) is 1. The van der Waals surface area contributed by atoms with E-state index in [-0.39, 0.29) is 0 Å². The second-order valence-electron chi connectivity index (χ2n) is 5.46. The summed E-state index contributed by atoms with van der Waals surface area (Å²) in [4.78, 5) is 16.8. The van der Waals surface area contributed by atoms with Gasteiger partial charge in [-0.05, 0) is 30.7 Å². The molecule has 2 aromatic heterocycles. The fourth-order valence-corrected chi connectivity index (χ4v) is 2.82. The van der Waals surface area contributed by atoms with Gasteiger partial charge in [-0.1, -0.05) is 24.3 Å². The maximum atomic E-state index is 4.53.